The highest BCUT2D eigenvalue weighted by Gasteiger charge is 2.31. The summed E-state index contributed by atoms with van der Waals surface area (Å²) in [6, 6.07) is 4.91. The minimum Gasteiger partial charge on any atom is -0.368 e. The number of carbonyl (C=O) groups excluding carboxylic acids is 2. The molecule has 0 saturated carbocycles. The first-order valence-corrected chi connectivity index (χ1v) is 9.48. The summed E-state index contributed by atoms with van der Waals surface area (Å²) in [6.45, 7) is 4.62. The summed E-state index contributed by atoms with van der Waals surface area (Å²) in [5.74, 6) is -0.259. The molecule has 144 valence electrons. The number of aromatic amines is 1. The predicted octanol–water partition coefficient (Wildman–Crippen LogP) is 2.01. The van der Waals surface area contributed by atoms with Crippen LogP contribution >= 0.6 is 0 Å². The summed E-state index contributed by atoms with van der Waals surface area (Å²) >= 11 is 0. The van der Waals surface area contributed by atoms with Crippen LogP contribution in [-0.2, 0) is 20.7 Å². The second-order valence-electron chi connectivity index (χ2n) is 7.28. The molecule has 2 fully saturated rings. The van der Waals surface area contributed by atoms with Gasteiger partial charge in [-0.3, -0.25) is 9.59 Å². The van der Waals surface area contributed by atoms with Crippen LogP contribution in [0, 0.1) is 12.7 Å². The SMILES string of the molecule is Cc1[nH]c2c(F)cccc2c1CC(=O)N1CCN(C(=O)[C@@H]2CCCO2)CC1. The van der Waals surface area contributed by atoms with Gasteiger partial charge in [0.05, 0.1) is 11.9 Å². The highest BCUT2D eigenvalue weighted by Crippen LogP contribution is 2.25. The highest BCUT2D eigenvalue weighted by atomic mass is 19.1. The third-order valence-electron chi connectivity index (χ3n) is 5.58. The third-order valence-corrected chi connectivity index (χ3v) is 5.58. The van der Waals surface area contributed by atoms with Crippen LogP contribution in [-0.4, -0.2) is 65.5 Å². The van der Waals surface area contributed by atoms with Gasteiger partial charge in [-0.25, -0.2) is 4.39 Å². The number of rotatable bonds is 3. The summed E-state index contributed by atoms with van der Waals surface area (Å²) in [5.41, 5.74) is 2.10. The van der Waals surface area contributed by atoms with Crippen LogP contribution in [0.25, 0.3) is 10.9 Å². The van der Waals surface area contributed by atoms with E-state index in [2.05, 4.69) is 4.98 Å². The molecule has 2 amide bonds. The molecule has 1 aromatic heterocycles. The first-order chi connectivity index (χ1) is 13.0. The zero-order chi connectivity index (χ0) is 19.0. The van der Waals surface area contributed by atoms with Crippen molar-refractivity contribution < 1.29 is 18.7 Å². The van der Waals surface area contributed by atoms with Gasteiger partial charge in [0.25, 0.3) is 5.91 Å². The lowest BCUT2D eigenvalue weighted by molar-refractivity contribution is -0.145. The molecule has 0 radical (unpaired) electrons. The van der Waals surface area contributed by atoms with E-state index in [1.165, 1.54) is 6.07 Å². The summed E-state index contributed by atoms with van der Waals surface area (Å²) in [4.78, 5) is 31.8. The molecule has 7 heteroatoms. The number of aryl methyl sites for hydroxylation is 1. The number of H-pyrrole nitrogens is 1. The van der Waals surface area contributed by atoms with Crippen molar-refractivity contribution in [1.82, 2.24) is 14.8 Å². The summed E-state index contributed by atoms with van der Waals surface area (Å²) in [5, 5.41) is 0.757. The third kappa shape index (κ3) is 3.43. The van der Waals surface area contributed by atoms with Crippen molar-refractivity contribution in [3.05, 3.63) is 35.3 Å². The van der Waals surface area contributed by atoms with Crippen LogP contribution in [0.3, 0.4) is 0 Å². The molecule has 1 atom stereocenters. The fraction of sp³-hybridized carbons (Fsp3) is 0.500. The second kappa shape index (κ2) is 7.31. The minimum atomic E-state index is -0.310. The van der Waals surface area contributed by atoms with Crippen LogP contribution in [0.15, 0.2) is 18.2 Å². The van der Waals surface area contributed by atoms with Crippen molar-refractivity contribution >= 4 is 22.7 Å². The van der Waals surface area contributed by atoms with E-state index < -0.39 is 0 Å². The molecule has 0 aliphatic carbocycles. The average Bonchev–Trinajstić information content (AvgIpc) is 3.31. The number of hydrogen-bond donors (Lipinski definition) is 1. The van der Waals surface area contributed by atoms with Crippen LogP contribution < -0.4 is 0 Å². The Morgan fingerprint density at radius 1 is 1.22 bits per heavy atom. The Morgan fingerprint density at radius 2 is 1.96 bits per heavy atom. The lowest BCUT2D eigenvalue weighted by atomic mass is 10.1. The Balaban J connectivity index is 1.40. The van der Waals surface area contributed by atoms with Crippen molar-refractivity contribution in [2.45, 2.75) is 32.3 Å². The normalized spacial score (nSPS) is 20.4. The Morgan fingerprint density at radius 3 is 2.67 bits per heavy atom. The Bertz CT molecular complexity index is 865. The fourth-order valence-electron chi connectivity index (χ4n) is 4.01. The van der Waals surface area contributed by atoms with Gasteiger partial charge in [-0.2, -0.15) is 0 Å². The number of carbonyl (C=O) groups is 2. The number of benzene rings is 1. The standard InChI is InChI=1S/C20H24FN3O3/c1-13-15(14-4-2-5-16(21)19(14)22-13)12-18(25)23-7-9-24(10-8-23)20(26)17-6-3-11-27-17/h2,4-5,17,22H,3,6-12H2,1H3/t17-/m0/s1. The van der Waals surface area contributed by atoms with E-state index in [0.717, 1.165) is 29.5 Å². The molecule has 2 aromatic rings. The first kappa shape index (κ1) is 18.0. The maximum absolute atomic E-state index is 13.9. The van der Waals surface area contributed by atoms with Gasteiger partial charge >= 0.3 is 0 Å². The molecule has 27 heavy (non-hydrogen) atoms. The quantitative estimate of drug-likeness (QED) is 0.895. The van der Waals surface area contributed by atoms with E-state index in [4.69, 9.17) is 4.74 Å². The van der Waals surface area contributed by atoms with E-state index in [0.29, 0.717) is 38.3 Å². The van der Waals surface area contributed by atoms with Crippen molar-refractivity contribution in [3.63, 3.8) is 0 Å². The molecular weight excluding hydrogens is 349 g/mol. The summed E-state index contributed by atoms with van der Waals surface area (Å²) < 4.78 is 19.4. The number of piperazine rings is 1. The average molecular weight is 373 g/mol. The smallest absolute Gasteiger partial charge is 0.251 e. The zero-order valence-electron chi connectivity index (χ0n) is 15.5. The topological polar surface area (TPSA) is 65.6 Å². The molecule has 0 bridgehead atoms. The first-order valence-electron chi connectivity index (χ1n) is 9.48. The van der Waals surface area contributed by atoms with Gasteiger partial charge < -0.3 is 19.5 Å². The monoisotopic (exact) mass is 373 g/mol. The van der Waals surface area contributed by atoms with E-state index in [-0.39, 0.29) is 30.2 Å². The van der Waals surface area contributed by atoms with Gasteiger partial charge in [0.2, 0.25) is 5.91 Å². The maximum Gasteiger partial charge on any atom is 0.251 e. The molecule has 1 aromatic carbocycles. The predicted molar refractivity (Wildman–Crippen MR) is 98.8 cm³/mol. The van der Waals surface area contributed by atoms with Crippen molar-refractivity contribution in [1.29, 1.82) is 0 Å². The van der Waals surface area contributed by atoms with Crippen molar-refractivity contribution in [2.24, 2.45) is 0 Å². The molecule has 3 heterocycles. The molecule has 6 nitrogen and oxygen atoms in total. The highest BCUT2D eigenvalue weighted by molar-refractivity contribution is 5.90. The van der Waals surface area contributed by atoms with Crippen LogP contribution in [0.4, 0.5) is 4.39 Å². The largest absolute Gasteiger partial charge is 0.368 e. The minimum absolute atomic E-state index is 0.00692. The number of nitrogens with zero attached hydrogens (tertiary/aromatic N) is 2. The number of fused-ring (bicyclic) bond motifs is 1. The van der Waals surface area contributed by atoms with E-state index >= 15 is 0 Å². The lowest BCUT2D eigenvalue weighted by Crippen LogP contribution is -2.53. The summed E-state index contributed by atoms with van der Waals surface area (Å²) in [6.07, 6.45) is 1.64. The van der Waals surface area contributed by atoms with Gasteiger partial charge in [-0.15, -0.1) is 0 Å². The number of ether oxygens (including phenoxy) is 1. The fourth-order valence-corrected chi connectivity index (χ4v) is 4.01. The maximum atomic E-state index is 13.9. The van der Waals surface area contributed by atoms with Gasteiger partial charge in [0.1, 0.15) is 11.9 Å². The Kier molecular flexibility index (Phi) is 4.86. The van der Waals surface area contributed by atoms with Crippen molar-refractivity contribution in [3.8, 4) is 0 Å². The van der Waals surface area contributed by atoms with Crippen LogP contribution in [0.5, 0.6) is 0 Å². The Labute approximate surface area is 157 Å². The number of para-hydroxylation sites is 1. The molecule has 4 rings (SSSR count). The number of hydrogen-bond acceptors (Lipinski definition) is 3. The van der Waals surface area contributed by atoms with Crippen LogP contribution in [0.1, 0.15) is 24.1 Å². The number of nitrogens with one attached hydrogen (secondary N) is 1. The van der Waals surface area contributed by atoms with Gasteiger partial charge in [-0.1, -0.05) is 12.1 Å². The molecule has 2 aliphatic heterocycles. The Hall–Kier alpha value is -2.41. The molecular formula is C20H24FN3O3. The molecule has 2 saturated heterocycles. The summed E-state index contributed by atoms with van der Waals surface area (Å²) in [7, 11) is 0. The molecule has 0 unspecified atom stereocenters. The zero-order valence-corrected chi connectivity index (χ0v) is 15.5. The van der Waals surface area contributed by atoms with E-state index in [1.54, 1.807) is 15.9 Å². The number of aromatic nitrogens is 1. The lowest BCUT2D eigenvalue weighted by Gasteiger charge is -2.35. The van der Waals surface area contributed by atoms with Gasteiger partial charge in [0.15, 0.2) is 0 Å². The molecule has 2 aliphatic rings. The number of amides is 2. The van der Waals surface area contributed by atoms with Crippen molar-refractivity contribution in [2.75, 3.05) is 32.8 Å². The number of halogens is 1. The van der Waals surface area contributed by atoms with Gasteiger partial charge in [0, 0.05) is 43.9 Å². The van der Waals surface area contributed by atoms with E-state index in [1.807, 2.05) is 13.0 Å². The van der Waals surface area contributed by atoms with Crippen LogP contribution in [0.2, 0.25) is 0 Å². The van der Waals surface area contributed by atoms with E-state index in [9.17, 15) is 14.0 Å². The molecule has 1 N–H and O–H groups in total. The van der Waals surface area contributed by atoms with Gasteiger partial charge in [-0.05, 0) is 31.4 Å². The molecule has 0 spiro atoms. The second-order valence-corrected chi connectivity index (χ2v) is 7.28.